The molecule has 23 heavy (non-hydrogen) atoms. The Morgan fingerprint density at radius 1 is 1.35 bits per heavy atom. The third-order valence-corrected chi connectivity index (χ3v) is 4.37. The Morgan fingerprint density at radius 2 is 2.09 bits per heavy atom. The van der Waals surface area contributed by atoms with E-state index in [0.29, 0.717) is 40.6 Å². The zero-order valence-electron chi connectivity index (χ0n) is 12.6. The number of rotatable bonds is 2. The van der Waals surface area contributed by atoms with Gasteiger partial charge in [0.2, 0.25) is 0 Å². The van der Waals surface area contributed by atoms with Crippen molar-refractivity contribution in [3.05, 3.63) is 40.6 Å². The van der Waals surface area contributed by atoms with Crippen LogP contribution in [-0.4, -0.2) is 51.5 Å². The summed E-state index contributed by atoms with van der Waals surface area (Å²) in [4.78, 5) is 14.3. The first-order valence-corrected chi connectivity index (χ1v) is 7.73. The number of aryl methyl sites for hydroxylation is 1. The molecule has 0 unspecified atom stereocenters. The van der Waals surface area contributed by atoms with E-state index in [0.717, 1.165) is 0 Å². The van der Waals surface area contributed by atoms with Gasteiger partial charge in [0, 0.05) is 18.7 Å². The first-order chi connectivity index (χ1) is 11.0. The second-order valence-electron chi connectivity index (χ2n) is 5.62. The van der Waals surface area contributed by atoms with E-state index in [1.807, 2.05) is 0 Å². The van der Waals surface area contributed by atoms with Crippen molar-refractivity contribution >= 4 is 17.5 Å². The summed E-state index contributed by atoms with van der Waals surface area (Å²) < 4.78 is 5.20. The number of amides is 1. The molecule has 2 heterocycles. The number of nitrogens with zero attached hydrogens (tertiary/aromatic N) is 2. The highest BCUT2D eigenvalue weighted by molar-refractivity contribution is 6.33. The Labute approximate surface area is 138 Å². The van der Waals surface area contributed by atoms with Crippen molar-refractivity contribution in [1.82, 2.24) is 10.1 Å². The third-order valence-electron chi connectivity index (χ3n) is 4.04. The molecule has 1 aliphatic heterocycles. The van der Waals surface area contributed by atoms with E-state index < -0.39 is 12.2 Å². The Hall–Kier alpha value is -1.89. The molecular weight excluding hydrogens is 320 g/mol. The Balaban J connectivity index is 1.96. The molecule has 0 saturated carbocycles. The summed E-state index contributed by atoms with van der Waals surface area (Å²) in [7, 11) is 0. The van der Waals surface area contributed by atoms with Crippen molar-refractivity contribution in [1.29, 1.82) is 0 Å². The molecule has 7 heteroatoms. The summed E-state index contributed by atoms with van der Waals surface area (Å²) in [6, 6.07) is 7.09. The van der Waals surface area contributed by atoms with Crippen LogP contribution in [-0.2, 0) is 0 Å². The smallest absolute Gasteiger partial charge is 0.259 e. The van der Waals surface area contributed by atoms with Gasteiger partial charge in [-0.2, -0.15) is 0 Å². The fourth-order valence-corrected chi connectivity index (χ4v) is 2.95. The van der Waals surface area contributed by atoms with Crippen LogP contribution in [0.2, 0.25) is 5.02 Å². The van der Waals surface area contributed by atoms with Crippen molar-refractivity contribution in [2.75, 3.05) is 13.1 Å². The quantitative estimate of drug-likeness (QED) is 0.874. The van der Waals surface area contributed by atoms with E-state index in [9.17, 15) is 15.0 Å². The molecule has 3 rings (SSSR count). The molecule has 2 N–H and O–H groups in total. The maximum Gasteiger partial charge on any atom is 0.259 e. The molecule has 2 aromatic rings. The first kappa shape index (κ1) is 16.0. The number of hydrogen-bond acceptors (Lipinski definition) is 5. The van der Waals surface area contributed by atoms with E-state index >= 15 is 0 Å². The second-order valence-corrected chi connectivity index (χ2v) is 6.02. The van der Waals surface area contributed by atoms with Gasteiger partial charge in [-0.3, -0.25) is 4.79 Å². The molecule has 0 bridgehead atoms. The molecule has 6 nitrogen and oxygen atoms in total. The highest BCUT2D eigenvalue weighted by Crippen LogP contribution is 2.32. The predicted molar refractivity (Wildman–Crippen MR) is 84.2 cm³/mol. The van der Waals surface area contributed by atoms with Gasteiger partial charge < -0.3 is 19.6 Å². The molecule has 0 radical (unpaired) electrons. The molecular formula is C16H17ClN2O4. The average molecular weight is 337 g/mol. The van der Waals surface area contributed by atoms with E-state index in [1.54, 1.807) is 31.2 Å². The lowest BCUT2D eigenvalue weighted by Crippen LogP contribution is -2.49. The predicted octanol–water partition coefficient (Wildman–Crippen LogP) is 1.87. The average Bonchev–Trinajstić information content (AvgIpc) is 2.91. The van der Waals surface area contributed by atoms with Crippen LogP contribution in [0.5, 0.6) is 0 Å². The zero-order chi connectivity index (χ0) is 16.6. The lowest BCUT2D eigenvalue weighted by atomic mass is 10.0. The number of aliphatic hydroxyl groups excluding tert-OH is 2. The molecule has 1 aromatic carbocycles. The molecule has 0 aliphatic carbocycles. The van der Waals surface area contributed by atoms with Gasteiger partial charge in [-0.25, -0.2) is 0 Å². The topological polar surface area (TPSA) is 86.8 Å². The van der Waals surface area contributed by atoms with E-state index in [2.05, 4.69) is 5.16 Å². The summed E-state index contributed by atoms with van der Waals surface area (Å²) in [6.07, 6.45) is -1.42. The number of benzene rings is 1. The number of aliphatic hydroxyl groups is 2. The Bertz CT molecular complexity index is 731. The summed E-state index contributed by atoms with van der Waals surface area (Å²) in [5.41, 5.74) is 1.34. The number of likely N-dealkylation sites (tertiary alicyclic amines) is 1. The number of carbonyl (C=O) groups excluding carboxylic acids is 1. The minimum atomic E-state index is -0.948. The summed E-state index contributed by atoms with van der Waals surface area (Å²) >= 11 is 6.19. The lowest BCUT2D eigenvalue weighted by Gasteiger charge is -2.33. The molecule has 2 atom stereocenters. The SMILES string of the molecule is Cc1onc(-c2ccccc2Cl)c1C(=O)N1CC[C@H](O)[C@@H](O)C1. The van der Waals surface area contributed by atoms with Gasteiger partial charge in [0.1, 0.15) is 17.0 Å². The molecule has 122 valence electrons. The largest absolute Gasteiger partial charge is 0.390 e. The van der Waals surface area contributed by atoms with Crippen LogP contribution < -0.4 is 0 Å². The molecule has 0 spiro atoms. The number of carbonyl (C=O) groups is 1. The number of hydrogen-bond donors (Lipinski definition) is 2. The number of halogens is 1. The standard InChI is InChI=1S/C16H17ClN2O4/c1-9-14(16(22)19-7-6-12(20)13(21)8-19)15(18-23-9)10-4-2-3-5-11(10)17/h2-5,12-13,20-21H,6-8H2,1H3/t12-,13-/m0/s1. The van der Waals surface area contributed by atoms with Gasteiger partial charge in [0.25, 0.3) is 5.91 Å². The lowest BCUT2D eigenvalue weighted by molar-refractivity contribution is -0.0321. The molecule has 1 saturated heterocycles. The van der Waals surface area contributed by atoms with Crippen molar-refractivity contribution < 1.29 is 19.5 Å². The normalized spacial score (nSPS) is 21.5. The highest BCUT2D eigenvalue weighted by atomic mass is 35.5. The maximum absolute atomic E-state index is 12.8. The highest BCUT2D eigenvalue weighted by Gasteiger charge is 2.32. The van der Waals surface area contributed by atoms with Crippen LogP contribution in [0, 0.1) is 6.92 Å². The van der Waals surface area contributed by atoms with Crippen molar-refractivity contribution in [2.24, 2.45) is 0 Å². The molecule has 1 amide bonds. The fraction of sp³-hybridized carbons (Fsp3) is 0.375. The zero-order valence-corrected chi connectivity index (χ0v) is 13.3. The molecule has 1 fully saturated rings. The van der Waals surface area contributed by atoms with Gasteiger partial charge in [0.15, 0.2) is 0 Å². The monoisotopic (exact) mass is 336 g/mol. The molecule has 1 aromatic heterocycles. The third kappa shape index (κ3) is 2.97. The van der Waals surface area contributed by atoms with Gasteiger partial charge in [-0.05, 0) is 19.4 Å². The fourth-order valence-electron chi connectivity index (χ4n) is 2.72. The van der Waals surface area contributed by atoms with Gasteiger partial charge in [-0.15, -0.1) is 0 Å². The summed E-state index contributed by atoms with van der Waals surface area (Å²) in [6.45, 7) is 2.10. The van der Waals surface area contributed by atoms with Crippen molar-refractivity contribution in [2.45, 2.75) is 25.6 Å². The number of aromatic nitrogens is 1. The Kier molecular flexibility index (Phi) is 4.39. The van der Waals surface area contributed by atoms with E-state index in [1.165, 1.54) is 4.90 Å². The van der Waals surface area contributed by atoms with Crippen LogP contribution >= 0.6 is 11.6 Å². The maximum atomic E-state index is 12.8. The summed E-state index contributed by atoms with van der Waals surface area (Å²) in [5, 5.41) is 23.8. The van der Waals surface area contributed by atoms with Crippen LogP contribution in [0.25, 0.3) is 11.3 Å². The van der Waals surface area contributed by atoms with Crippen LogP contribution in [0.1, 0.15) is 22.5 Å². The van der Waals surface area contributed by atoms with E-state index in [-0.39, 0.29) is 12.5 Å². The number of piperidine rings is 1. The van der Waals surface area contributed by atoms with Gasteiger partial charge in [-0.1, -0.05) is 35.0 Å². The van der Waals surface area contributed by atoms with Crippen LogP contribution in [0.3, 0.4) is 0 Å². The number of β-amino-alcohol motifs (C(OH)–C–C–N with tert-alkyl or cyclic N) is 1. The second kappa shape index (κ2) is 6.31. The molecule has 1 aliphatic rings. The van der Waals surface area contributed by atoms with E-state index in [4.69, 9.17) is 16.1 Å². The minimum Gasteiger partial charge on any atom is -0.390 e. The summed E-state index contributed by atoms with van der Waals surface area (Å²) in [5.74, 6) is 0.107. The Morgan fingerprint density at radius 3 is 2.78 bits per heavy atom. The first-order valence-electron chi connectivity index (χ1n) is 7.35. The van der Waals surface area contributed by atoms with Gasteiger partial charge in [0.05, 0.1) is 17.2 Å². The van der Waals surface area contributed by atoms with Crippen LogP contribution in [0.4, 0.5) is 0 Å². The minimum absolute atomic E-state index is 0.0760. The van der Waals surface area contributed by atoms with Crippen molar-refractivity contribution in [3.8, 4) is 11.3 Å². The van der Waals surface area contributed by atoms with Crippen LogP contribution in [0.15, 0.2) is 28.8 Å². The van der Waals surface area contributed by atoms with Gasteiger partial charge >= 0.3 is 0 Å². The van der Waals surface area contributed by atoms with Crippen molar-refractivity contribution in [3.63, 3.8) is 0 Å².